The predicted molar refractivity (Wildman–Crippen MR) is 106 cm³/mol. The molecule has 0 aliphatic carbocycles. The van der Waals surface area contributed by atoms with Crippen LogP contribution in [-0.4, -0.2) is 48.7 Å². The first-order valence-corrected chi connectivity index (χ1v) is 9.45. The van der Waals surface area contributed by atoms with Crippen molar-refractivity contribution >= 4 is 17.5 Å². The fourth-order valence-electron chi connectivity index (χ4n) is 3.06. The van der Waals surface area contributed by atoms with E-state index >= 15 is 0 Å². The number of methoxy groups -OCH3 is 1. The van der Waals surface area contributed by atoms with Crippen molar-refractivity contribution in [2.75, 3.05) is 20.2 Å². The summed E-state index contributed by atoms with van der Waals surface area (Å²) in [7, 11) is 1.67. The molecule has 2 amide bonds. The van der Waals surface area contributed by atoms with Crippen molar-refractivity contribution in [3.8, 4) is 5.75 Å². The fraction of sp³-hybridized carbons (Fsp3) is 0.550. The van der Waals surface area contributed by atoms with Crippen LogP contribution in [-0.2, 0) is 16.1 Å². The van der Waals surface area contributed by atoms with Crippen molar-refractivity contribution in [2.24, 2.45) is 5.10 Å². The zero-order valence-electron chi connectivity index (χ0n) is 16.7. The molecule has 7 nitrogen and oxygen atoms in total. The van der Waals surface area contributed by atoms with Gasteiger partial charge >= 0.3 is 11.8 Å². The molecule has 0 spiro atoms. The van der Waals surface area contributed by atoms with E-state index in [4.69, 9.17) is 4.74 Å². The van der Waals surface area contributed by atoms with Gasteiger partial charge in [0.25, 0.3) is 0 Å². The van der Waals surface area contributed by atoms with Crippen LogP contribution in [0.2, 0.25) is 0 Å². The van der Waals surface area contributed by atoms with E-state index in [0.717, 1.165) is 36.5 Å². The minimum atomic E-state index is -0.773. The number of carbonyl (C=O) groups is 2. The SMILES string of the molecule is COc1ccc(/C(C)=N\NC(=O)C(=O)NC(C)C)cc1CN1CCCCC1. The second-order valence-corrected chi connectivity index (χ2v) is 7.13. The molecule has 0 radical (unpaired) electrons. The van der Waals surface area contributed by atoms with Crippen LogP contribution in [0.3, 0.4) is 0 Å². The normalized spacial score (nSPS) is 15.5. The van der Waals surface area contributed by atoms with E-state index < -0.39 is 11.8 Å². The fourth-order valence-corrected chi connectivity index (χ4v) is 3.06. The molecule has 1 saturated heterocycles. The molecule has 1 fully saturated rings. The van der Waals surface area contributed by atoms with E-state index in [9.17, 15) is 9.59 Å². The van der Waals surface area contributed by atoms with Gasteiger partial charge in [0.15, 0.2) is 0 Å². The number of nitrogens with one attached hydrogen (secondary N) is 2. The second-order valence-electron chi connectivity index (χ2n) is 7.13. The highest BCUT2D eigenvalue weighted by molar-refractivity contribution is 6.35. The van der Waals surface area contributed by atoms with Gasteiger partial charge in [0.2, 0.25) is 0 Å². The van der Waals surface area contributed by atoms with Crippen molar-refractivity contribution < 1.29 is 14.3 Å². The number of hydrogen-bond donors (Lipinski definition) is 2. The lowest BCUT2D eigenvalue weighted by molar-refractivity contribution is -0.139. The summed E-state index contributed by atoms with van der Waals surface area (Å²) < 4.78 is 5.50. The van der Waals surface area contributed by atoms with E-state index in [1.165, 1.54) is 19.3 Å². The Kier molecular flexibility index (Phi) is 7.79. The molecule has 1 heterocycles. The number of amides is 2. The van der Waals surface area contributed by atoms with Crippen LogP contribution >= 0.6 is 0 Å². The minimum Gasteiger partial charge on any atom is -0.496 e. The lowest BCUT2D eigenvalue weighted by Crippen LogP contribution is -2.41. The minimum absolute atomic E-state index is 0.104. The van der Waals surface area contributed by atoms with Gasteiger partial charge in [-0.1, -0.05) is 6.42 Å². The Morgan fingerprint density at radius 3 is 2.52 bits per heavy atom. The van der Waals surface area contributed by atoms with Gasteiger partial charge < -0.3 is 10.1 Å². The lowest BCUT2D eigenvalue weighted by Gasteiger charge is -2.27. The van der Waals surface area contributed by atoms with E-state index in [1.54, 1.807) is 27.9 Å². The van der Waals surface area contributed by atoms with E-state index in [1.807, 2.05) is 18.2 Å². The topological polar surface area (TPSA) is 83.0 Å². The van der Waals surface area contributed by atoms with Gasteiger partial charge in [0, 0.05) is 18.2 Å². The summed E-state index contributed by atoms with van der Waals surface area (Å²) >= 11 is 0. The summed E-state index contributed by atoms with van der Waals surface area (Å²) in [5.74, 6) is -0.621. The van der Waals surface area contributed by atoms with Gasteiger partial charge in [-0.3, -0.25) is 14.5 Å². The number of hydrogen-bond acceptors (Lipinski definition) is 5. The van der Waals surface area contributed by atoms with Crippen molar-refractivity contribution in [2.45, 2.75) is 52.6 Å². The Morgan fingerprint density at radius 1 is 1.19 bits per heavy atom. The lowest BCUT2D eigenvalue weighted by atomic mass is 10.0. The number of piperidine rings is 1. The smallest absolute Gasteiger partial charge is 0.329 e. The summed E-state index contributed by atoms with van der Waals surface area (Å²) in [6.45, 7) is 8.41. The van der Waals surface area contributed by atoms with Crippen molar-refractivity contribution in [3.63, 3.8) is 0 Å². The molecule has 1 aromatic carbocycles. The van der Waals surface area contributed by atoms with Crippen molar-refractivity contribution in [1.82, 2.24) is 15.6 Å². The first-order chi connectivity index (χ1) is 12.9. The summed E-state index contributed by atoms with van der Waals surface area (Å²) in [5.41, 5.74) is 4.91. The van der Waals surface area contributed by atoms with Crippen LogP contribution in [0.1, 0.15) is 51.2 Å². The average Bonchev–Trinajstić information content (AvgIpc) is 2.66. The molecular formula is C20H30N4O3. The highest BCUT2D eigenvalue weighted by Crippen LogP contribution is 2.23. The highest BCUT2D eigenvalue weighted by Gasteiger charge is 2.15. The van der Waals surface area contributed by atoms with Gasteiger partial charge in [0.1, 0.15) is 5.75 Å². The highest BCUT2D eigenvalue weighted by atomic mass is 16.5. The molecule has 0 atom stereocenters. The molecule has 0 unspecified atom stereocenters. The summed E-state index contributed by atoms with van der Waals surface area (Å²) in [6, 6.07) is 5.75. The molecule has 1 aromatic rings. The number of carbonyl (C=O) groups excluding carboxylic acids is 2. The molecule has 1 aliphatic rings. The third-order valence-electron chi connectivity index (χ3n) is 4.49. The van der Waals surface area contributed by atoms with Crippen LogP contribution < -0.4 is 15.5 Å². The van der Waals surface area contributed by atoms with Crippen LogP contribution in [0.15, 0.2) is 23.3 Å². The molecule has 0 bridgehead atoms. The maximum absolute atomic E-state index is 11.8. The molecule has 2 rings (SSSR count). The van der Waals surface area contributed by atoms with Crippen LogP contribution in [0, 0.1) is 0 Å². The molecule has 0 saturated carbocycles. The third-order valence-corrected chi connectivity index (χ3v) is 4.49. The maximum Gasteiger partial charge on any atom is 0.329 e. The number of nitrogens with zero attached hydrogens (tertiary/aromatic N) is 2. The van der Waals surface area contributed by atoms with Gasteiger partial charge in [-0.25, -0.2) is 5.43 Å². The first-order valence-electron chi connectivity index (χ1n) is 9.45. The molecular weight excluding hydrogens is 344 g/mol. The quantitative estimate of drug-likeness (QED) is 0.453. The van der Waals surface area contributed by atoms with Crippen LogP contribution in [0.5, 0.6) is 5.75 Å². The van der Waals surface area contributed by atoms with Gasteiger partial charge in [0.05, 0.1) is 12.8 Å². The Bertz CT molecular complexity index is 694. The Morgan fingerprint density at radius 2 is 1.89 bits per heavy atom. The largest absolute Gasteiger partial charge is 0.496 e. The Hall–Kier alpha value is -2.41. The van der Waals surface area contributed by atoms with E-state index in [2.05, 4.69) is 20.7 Å². The molecule has 148 valence electrons. The molecule has 1 aliphatic heterocycles. The summed E-state index contributed by atoms with van der Waals surface area (Å²) in [4.78, 5) is 25.9. The summed E-state index contributed by atoms with van der Waals surface area (Å²) in [5, 5.41) is 6.60. The van der Waals surface area contributed by atoms with E-state index in [-0.39, 0.29) is 6.04 Å². The number of likely N-dealkylation sites (tertiary alicyclic amines) is 1. The number of hydrazone groups is 1. The Labute approximate surface area is 161 Å². The number of rotatable bonds is 6. The van der Waals surface area contributed by atoms with Crippen LogP contribution in [0.4, 0.5) is 0 Å². The van der Waals surface area contributed by atoms with Crippen molar-refractivity contribution in [1.29, 1.82) is 0 Å². The second kappa shape index (κ2) is 10.1. The van der Waals surface area contributed by atoms with Gasteiger partial charge in [-0.05, 0) is 70.5 Å². The zero-order valence-corrected chi connectivity index (χ0v) is 16.7. The first kappa shape index (κ1) is 20.9. The number of ether oxygens (including phenoxy) is 1. The van der Waals surface area contributed by atoms with Gasteiger partial charge in [-0.2, -0.15) is 5.10 Å². The Balaban J connectivity index is 2.08. The predicted octanol–water partition coefficient (Wildman–Crippen LogP) is 2.05. The third kappa shape index (κ3) is 6.36. The van der Waals surface area contributed by atoms with E-state index in [0.29, 0.717) is 5.71 Å². The summed E-state index contributed by atoms with van der Waals surface area (Å²) in [6.07, 6.45) is 3.75. The standard InChI is InChI=1S/C20H30N4O3/c1-14(2)21-19(25)20(26)23-22-15(3)16-8-9-18(27-4)17(12-16)13-24-10-6-5-7-11-24/h8-9,12,14H,5-7,10-11,13H2,1-4H3,(H,21,25)(H,23,26)/b22-15-. The van der Waals surface area contributed by atoms with Crippen LogP contribution in [0.25, 0.3) is 0 Å². The molecule has 7 heteroatoms. The zero-order chi connectivity index (χ0) is 19.8. The molecule has 0 aromatic heterocycles. The van der Waals surface area contributed by atoms with Gasteiger partial charge in [-0.15, -0.1) is 0 Å². The number of benzene rings is 1. The molecule has 27 heavy (non-hydrogen) atoms. The monoisotopic (exact) mass is 374 g/mol. The maximum atomic E-state index is 11.8. The molecule has 2 N–H and O–H groups in total. The van der Waals surface area contributed by atoms with Crippen molar-refractivity contribution in [3.05, 3.63) is 29.3 Å². The average molecular weight is 374 g/mol.